The number of aliphatic hydroxyl groups excluding tert-OH is 1. The second-order valence-electron chi connectivity index (χ2n) is 3.44. The normalized spacial score (nSPS) is 18.1. The van der Waals surface area contributed by atoms with E-state index < -0.39 is 5.43 Å². The van der Waals surface area contributed by atoms with Crippen LogP contribution in [0.2, 0.25) is 0 Å². The van der Waals surface area contributed by atoms with Crippen molar-refractivity contribution < 1.29 is 14.6 Å². The van der Waals surface area contributed by atoms with E-state index in [4.69, 9.17) is 14.6 Å². The van der Waals surface area contributed by atoms with Gasteiger partial charge in [-0.1, -0.05) is 0 Å². The van der Waals surface area contributed by atoms with E-state index >= 15 is 0 Å². The quantitative estimate of drug-likeness (QED) is 0.670. The smallest absolute Gasteiger partial charge is 0.226 e. The predicted molar refractivity (Wildman–Crippen MR) is 47.9 cm³/mol. The highest BCUT2D eigenvalue weighted by molar-refractivity contribution is 5.15. The molecule has 0 saturated carbocycles. The Labute approximate surface area is 80.2 Å². The van der Waals surface area contributed by atoms with Gasteiger partial charge in [0.1, 0.15) is 12.0 Å². The average Bonchev–Trinajstić information content (AvgIpc) is 2.09. The Hall–Kier alpha value is -1.33. The van der Waals surface area contributed by atoms with Crippen molar-refractivity contribution >= 4 is 0 Å². The lowest BCUT2D eigenvalue weighted by atomic mass is 10.1. The van der Waals surface area contributed by atoms with Gasteiger partial charge in [0.25, 0.3) is 0 Å². The van der Waals surface area contributed by atoms with E-state index in [2.05, 4.69) is 0 Å². The van der Waals surface area contributed by atoms with E-state index in [0.717, 1.165) is 6.26 Å². The number of hydrogen-bond acceptors (Lipinski definition) is 5. The molecule has 0 aromatic carbocycles. The maximum atomic E-state index is 11.0. The summed E-state index contributed by atoms with van der Waals surface area (Å²) in [5.74, 6) is 0.122. The molecule has 5 nitrogen and oxygen atoms in total. The van der Waals surface area contributed by atoms with E-state index in [1.54, 1.807) is 0 Å². The van der Waals surface area contributed by atoms with Gasteiger partial charge in [0.2, 0.25) is 5.43 Å². The van der Waals surface area contributed by atoms with Crippen LogP contribution >= 0.6 is 0 Å². The van der Waals surface area contributed by atoms with Gasteiger partial charge in [-0.25, -0.2) is 0 Å². The van der Waals surface area contributed by atoms with Crippen molar-refractivity contribution in [2.45, 2.75) is 12.6 Å². The third-order valence-electron chi connectivity index (χ3n) is 2.18. The number of hydrogen-bond donors (Lipinski definition) is 2. The first kappa shape index (κ1) is 9.23. The van der Waals surface area contributed by atoms with Gasteiger partial charge in [0.05, 0.1) is 12.6 Å². The minimum atomic E-state index is -0.438. The molecule has 1 saturated heterocycles. The topological polar surface area (TPSA) is 73.9 Å². The Morgan fingerprint density at radius 1 is 1.57 bits per heavy atom. The largest absolute Gasteiger partial charge is 0.502 e. The van der Waals surface area contributed by atoms with Gasteiger partial charge in [-0.05, 0) is 0 Å². The molecule has 0 atom stereocenters. The monoisotopic (exact) mass is 197 g/mol. The molecule has 1 aromatic rings. The molecule has 0 unspecified atom stereocenters. The third kappa shape index (κ3) is 1.78. The zero-order chi connectivity index (χ0) is 10.1. The molecule has 0 bridgehead atoms. The molecule has 2 rings (SSSR count). The standard InChI is InChI=1S/C9H11NO4/c11-6-2-10(3-6)4-7-1-8(12)9(13)5-14-7/h1,5-6,11,13H,2-4H2. The van der Waals surface area contributed by atoms with Crippen molar-refractivity contribution in [2.24, 2.45) is 0 Å². The summed E-state index contributed by atoms with van der Waals surface area (Å²) in [6.07, 6.45) is 0.771. The van der Waals surface area contributed by atoms with Gasteiger partial charge >= 0.3 is 0 Å². The number of likely N-dealkylation sites (tertiary alicyclic amines) is 1. The van der Waals surface area contributed by atoms with E-state index in [-0.39, 0.29) is 11.9 Å². The predicted octanol–water partition coefficient (Wildman–Crippen LogP) is -0.478. The lowest BCUT2D eigenvalue weighted by Gasteiger charge is -2.35. The fraction of sp³-hybridized carbons (Fsp3) is 0.444. The fourth-order valence-electron chi connectivity index (χ4n) is 1.42. The second kappa shape index (κ2) is 3.43. The summed E-state index contributed by atoms with van der Waals surface area (Å²) < 4.78 is 5.01. The Kier molecular flexibility index (Phi) is 2.26. The van der Waals surface area contributed by atoms with Crippen molar-refractivity contribution in [3.8, 4) is 5.75 Å². The SMILES string of the molecule is O=c1cc(CN2CC(O)C2)occ1O. The van der Waals surface area contributed by atoms with Crippen LogP contribution in [0.4, 0.5) is 0 Å². The number of β-amino-alcohol motifs (C(OH)–C–C–N with tert-alkyl or cyclic N) is 1. The zero-order valence-corrected chi connectivity index (χ0v) is 7.51. The van der Waals surface area contributed by atoms with Crippen molar-refractivity contribution in [3.63, 3.8) is 0 Å². The summed E-state index contributed by atoms with van der Waals surface area (Å²) in [4.78, 5) is 13.0. The summed E-state index contributed by atoms with van der Waals surface area (Å²) in [5, 5.41) is 18.0. The first-order valence-electron chi connectivity index (χ1n) is 4.36. The lowest BCUT2D eigenvalue weighted by Crippen LogP contribution is -2.49. The molecule has 1 fully saturated rings. The minimum absolute atomic E-state index is 0.265. The van der Waals surface area contributed by atoms with Crippen molar-refractivity contribution in [1.82, 2.24) is 4.90 Å². The Balaban J connectivity index is 2.03. The van der Waals surface area contributed by atoms with E-state index in [1.165, 1.54) is 6.07 Å². The lowest BCUT2D eigenvalue weighted by molar-refractivity contribution is -0.00661. The number of rotatable bonds is 2. The van der Waals surface area contributed by atoms with Gasteiger partial charge in [-0.2, -0.15) is 0 Å². The Morgan fingerprint density at radius 3 is 2.86 bits per heavy atom. The van der Waals surface area contributed by atoms with Crippen LogP contribution in [0.3, 0.4) is 0 Å². The first-order valence-corrected chi connectivity index (χ1v) is 4.36. The second-order valence-corrected chi connectivity index (χ2v) is 3.44. The molecule has 1 aliphatic rings. The van der Waals surface area contributed by atoms with Crippen LogP contribution in [-0.4, -0.2) is 34.3 Å². The molecule has 5 heteroatoms. The molecule has 1 aromatic heterocycles. The van der Waals surface area contributed by atoms with Gasteiger partial charge < -0.3 is 14.6 Å². The molecule has 1 aliphatic heterocycles. The summed E-state index contributed by atoms with van der Waals surface area (Å²) >= 11 is 0. The molecule has 76 valence electrons. The zero-order valence-electron chi connectivity index (χ0n) is 7.51. The average molecular weight is 197 g/mol. The van der Waals surface area contributed by atoms with E-state index in [9.17, 15) is 4.79 Å². The van der Waals surface area contributed by atoms with Crippen molar-refractivity contribution in [1.29, 1.82) is 0 Å². The Bertz CT molecular complexity index is 381. The van der Waals surface area contributed by atoms with Gasteiger partial charge in [0, 0.05) is 19.2 Å². The molecule has 0 spiro atoms. The summed E-state index contributed by atoms with van der Waals surface area (Å²) in [7, 11) is 0. The van der Waals surface area contributed by atoms with Gasteiger partial charge in [0.15, 0.2) is 5.75 Å². The highest BCUT2D eigenvalue weighted by atomic mass is 16.4. The molecule has 0 radical (unpaired) electrons. The molecule has 14 heavy (non-hydrogen) atoms. The molecule has 0 aliphatic carbocycles. The van der Waals surface area contributed by atoms with E-state index in [1.807, 2.05) is 4.90 Å². The maximum absolute atomic E-state index is 11.0. The third-order valence-corrected chi connectivity index (χ3v) is 2.18. The Morgan fingerprint density at radius 2 is 2.29 bits per heavy atom. The minimum Gasteiger partial charge on any atom is -0.502 e. The van der Waals surface area contributed by atoms with Crippen molar-refractivity contribution in [2.75, 3.05) is 13.1 Å². The van der Waals surface area contributed by atoms with Crippen LogP contribution in [-0.2, 0) is 6.54 Å². The highest BCUT2D eigenvalue weighted by Gasteiger charge is 2.24. The molecular formula is C9H11NO4. The van der Waals surface area contributed by atoms with Crippen LogP contribution < -0.4 is 5.43 Å². The van der Waals surface area contributed by atoms with Crippen LogP contribution in [0.1, 0.15) is 5.76 Å². The molecular weight excluding hydrogens is 186 g/mol. The first-order chi connectivity index (χ1) is 6.65. The van der Waals surface area contributed by atoms with E-state index in [0.29, 0.717) is 25.4 Å². The summed E-state index contributed by atoms with van der Waals surface area (Å²) in [6.45, 7) is 1.70. The van der Waals surface area contributed by atoms with Crippen LogP contribution in [0.5, 0.6) is 5.75 Å². The highest BCUT2D eigenvalue weighted by Crippen LogP contribution is 2.12. The summed E-state index contributed by atoms with van der Waals surface area (Å²) in [5.41, 5.74) is -0.438. The number of aromatic hydroxyl groups is 1. The molecule has 2 heterocycles. The van der Waals surface area contributed by atoms with Crippen molar-refractivity contribution in [3.05, 3.63) is 28.3 Å². The van der Waals surface area contributed by atoms with Crippen LogP contribution in [0.15, 0.2) is 21.5 Å². The number of aliphatic hydroxyl groups is 1. The van der Waals surface area contributed by atoms with Gasteiger partial charge in [-0.3, -0.25) is 9.69 Å². The maximum Gasteiger partial charge on any atom is 0.226 e. The van der Waals surface area contributed by atoms with Gasteiger partial charge in [-0.15, -0.1) is 0 Å². The van der Waals surface area contributed by atoms with Crippen LogP contribution in [0, 0.1) is 0 Å². The summed E-state index contributed by atoms with van der Waals surface area (Å²) in [6, 6.07) is 1.26. The van der Waals surface area contributed by atoms with Crippen LogP contribution in [0.25, 0.3) is 0 Å². The number of nitrogens with zero attached hydrogens (tertiary/aromatic N) is 1. The fourth-order valence-corrected chi connectivity index (χ4v) is 1.42. The molecule has 2 N–H and O–H groups in total. The molecule has 0 amide bonds.